The molecule has 3 rings (SSSR count). The third-order valence-electron chi connectivity index (χ3n) is 3.31. The molecule has 3 aromatic rings. The topological polar surface area (TPSA) is 90.1 Å². The smallest absolute Gasteiger partial charge is 0.277 e. The van der Waals surface area contributed by atoms with E-state index >= 15 is 0 Å². The molecule has 25 heavy (non-hydrogen) atoms. The summed E-state index contributed by atoms with van der Waals surface area (Å²) < 4.78 is 10.8. The van der Waals surface area contributed by atoms with Crippen molar-refractivity contribution in [3.8, 4) is 17.2 Å². The van der Waals surface area contributed by atoms with Gasteiger partial charge < -0.3 is 14.5 Å². The fraction of sp³-hybridized carbons (Fsp3) is 0.176. The Kier molecular flexibility index (Phi) is 5.63. The van der Waals surface area contributed by atoms with Crippen LogP contribution in [0.25, 0.3) is 11.5 Å². The molecule has 1 aromatic carbocycles. The number of rotatable bonds is 7. The van der Waals surface area contributed by atoms with Crippen molar-refractivity contribution in [1.82, 2.24) is 20.5 Å². The average molecular weight is 356 g/mol. The molecule has 0 spiro atoms. The van der Waals surface area contributed by atoms with E-state index in [9.17, 15) is 4.79 Å². The van der Waals surface area contributed by atoms with Gasteiger partial charge in [0.1, 0.15) is 5.75 Å². The number of carbonyl (C=O) groups excluding carboxylic acids is 1. The number of pyridine rings is 1. The third kappa shape index (κ3) is 4.57. The van der Waals surface area contributed by atoms with Crippen LogP contribution in [0.4, 0.5) is 0 Å². The van der Waals surface area contributed by atoms with Crippen molar-refractivity contribution < 1.29 is 13.9 Å². The zero-order valence-electron chi connectivity index (χ0n) is 13.5. The van der Waals surface area contributed by atoms with Crippen LogP contribution in [0.1, 0.15) is 5.56 Å². The van der Waals surface area contributed by atoms with E-state index in [4.69, 9.17) is 9.15 Å². The second-order valence-electron chi connectivity index (χ2n) is 4.99. The number of aromatic nitrogens is 3. The van der Waals surface area contributed by atoms with Crippen molar-refractivity contribution >= 4 is 17.7 Å². The van der Waals surface area contributed by atoms with Gasteiger partial charge in [-0.25, -0.2) is 0 Å². The van der Waals surface area contributed by atoms with Gasteiger partial charge in [-0.05, 0) is 18.2 Å². The van der Waals surface area contributed by atoms with Crippen molar-refractivity contribution in [1.29, 1.82) is 0 Å². The summed E-state index contributed by atoms with van der Waals surface area (Å²) >= 11 is 1.19. The molecule has 0 unspecified atom stereocenters. The summed E-state index contributed by atoms with van der Waals surface area (Å²) in [6, 6.07) is 11.2. The molecule has 0 saturated carbocycles. The van der Waals surface area contributed by atoms with E-state index in [0.29, 0.717) is 17.7 Å². The number of benzene rings is 1. The molecule has 0 atom stereocenters. The predicted octanol–water partition coefficient (Wildman–Crippen LogP) is 2.55. The number of carbonyl (C=O) groups is 1. The molecular formula is C17H16N4O3S. The van der Waals surface area contributed by atoms with Gasteiger partial charge in [0.05, 0.1) is 18.4 Å². The highest BCUT2D eigenvalue weighted by Gasteiger charge is 2.11. The SMILES string of the molecule is COc1ccccc1CNC(=O)CSc1nnc(-c2cccnc2)o1. The largest absolute Gasteiger partial charge is 0.496 e. The number of hydrogen-bond donors (Lipinski definition) is 1. The lowest BCUT2D eigenvalue weighted by atomic mass is 10.2. The van der Waals surface area contributed by atoms with Crippen LogP contribution < -0.4 is 10.1 Å². The van der Waals surface area contributed by atoms with E-state index in [1.54, 1.807) is 25.6 Å². The molecule has 1 amide bonds. The summed E-state index contributed by atoms with van der Waals surface area (Å²) in [4.78, 5) is 16.0. The number of nitrogens with zero attached hydrogens (tertiary/aromatic N) is 3. The Balaban J connectivity index is 1.50. The van der Waals surface area contributed by atoms with Crippen LogP contribution in [-0.4, -0.2) is 34.0 Å². The van der Waals surface area contributed by atoms with Crippen molar-refractivity contribution in [2.45, 2.75) is 11.8 Å². The maximum atomic E-state index is 12.0. The summed E-state index contributed by atoms with van der Waals surface area (Å²) in [5.74, 6) is 1.18. The van der Waals surface area contributed by atoms with E-state index in [0.717, 1.165) is 16.9 Å². The second kappa shape index (κ2) is 8.29. The molecule has 1 N–H and O–H groups in total. The first kappa shape index (κ1) is 17.0. The summed E-state index contributed by atoms with van der Waals surface area (Å²) in [6.07, 6.45) is 3.31. The maximum Gasteiger partial charge on any atom is 0.277 e. The number of hydrogen-bond acceptors (Lipinski definition) is 7. The second-order valence-corrected chi connectivity index (χ2v) is 5.92. The Morgan fingerprint density at radius 1 is 1.24 bits per heavy atom. The van der Waals surface area contributed by atoms with E-state index in [1.165, 1.54) is 11.8 Å². The number of thioether (sulfide) groups is 1. The predicted molar refractivity (Wildman–Crippen MR) is 93.1 cm³/mol. The van der Waals surface area contributed by atoms with Gasteiger partial charge in [0.2, 0.25) is 11.8 Å². The van der Waals surface area contributed by atoms with Crippen LogP contribution in [0.3, 0.4) is 0 Å². The molecule has 0 fully saturated rings. The molecule has 0 radical (unpaired) electrons. The van der Waals surface area contributed by atoms with E-state index in [2.05, 4.69) is 20.5 Å². The Morgan fingerprint density at radius 3 is 2.92 bits per heavy atom. The molecule has 128 valence electrons. The highest BCUT2D eigenvalue weighted by atomic mass is 32.2. The maximum absolute atomic E-state index is 12.0. The summed E-state index contributed by atoms with van der Waals surface area (Å²) in [7, 11) is 1.60. The lowest BCUT2D eigenvalue weighted by molar-refractivity contribution is -0.118. The van der Waals surface area contributed by atoms with Gasteiger partial charge in [-0.15, -0.1) is 10.2 Å². The number of methoxy groups -OCH3 is 1. The molecule has 0 aliphatic rings. The highest BCUT2D eigenvalue weighted by molar-refractivity contribution is 7.99. The lowest BCUT2D eigenvalue weighted by Gasteiger charge is -2.08. The van der Waals surface area contributed by atoms with Crippen LogP contribution in [0.5, 0.6) is 5.75 Å². The third-order valence-corrected chi connectivity index (χ3v) is 4.13. The van der Waals surface area contributed by atoms with Gasteiger partial charge >= 0.3 is 0 Å². The molecule has 8 heteroatoms. The first-order chi connectivity index (χ1) is 12.3. The van der Waals surface area contributed by atoms with Crippen molar-refractivity contribution in [3.63, 3.8) is 0 Å². The average Bonchev–Trinajstić information content (AvgIpc) is 3.14. The van der Waals surface area contributed by atoms with Crippen LogP contribution in [0.2, 0.25) is 0 Å². The molecule has 0 aliphatic carbocycles. The van der Waals surface area contributed by atoms with Crippen LogP contribution in [0, 0.1) is 0 Å². The van der Waals surface area contributed by atoms with Crippen molar-refractivity contribution in [2.24, 2.45) is 0 Å². The molecular weight excluding hydrogens is 340 g/mol. The molecule has 0 saturated heterocycles. The van der Waals surface area contributed by atoms with Gasteiger partial charge in [0, 0.05) is 24.5 Å². The van der Waals surface area contributed by atoms with E-state index in [-0.39, 0.29) is 11.7 Å². The van der Waals surface area contributed by atoms with E-state index < -0.39 is 0 Å². The monoisotopic (exact) mass is 356 g/mol. The minimum Gasteiger partial charge on any atom is -0.496 e. The molecule has 2 heterocycles. The fourth-order valence-electron chi connectivity index (χ4n) is 2.10. The Morgan fingerprint density at radius 2 is 2.12 bits per heavy atom. The standard InChI is InChI=1S/C17H16N4O3S/c1-23-14-7-3-2-5-12(14)10-19-15(22)11-25-17-21-20-16(24-17)13-6-4-8-18-9-13/h2-9H,10-11H2,1H3,(H,19,22). The minimum absolute atomic E-state index is 0.128. The van der Waals surface area contributed by atoms with Crippen LogP contribution in [-0.2, 0) is 11.3 Å². The van der Waals surface area contributed by atoms with Gasteiger partial charge in [-0.1, -0.05) is 30.0 Å². The van der Waals surface area contributed by atoms with Gasteiger partial charge in [-0.2, -0.15) is 0 Å². The number of para-hydroxylation sites is 1. The van der Waals surface area contributed by atoms with Crippen LogP contribution >= 0.6 is 11.8 Å². The highest BCUT2D eigenvalue weighted by Crippen LogP contribution is 2.22. The summed E-state index contributed by atoms with van der Waals surface area (Å²) in [5, 5.41) is 11.1. The first-order valence-corrected chi connectivity index (χ1v) is 8.50. The lowest BCUT2D eigenvalue weighted by Crippen LogP contribution is -2.24. The van der Waals surface area contributed by atoms with Gasteiger partial charge in [0.15, 0.2) is 0 Å². The van der Waals surface area contributed by atoms with Crippen LogP contribution in [0.15, 0.2) is 58.4 Å². The van der Waals surface area contributed by atoms with Crippen molar-refractivity contribution in [3.05, 3.63) is 54.4 Å². The van der Waals surface area contributed by atoms with E-state index in [1.807, 2.05) is 30.3 Å². The Hall–Kier alpha value is -2.87. The number of amides is 1. The Bertz CT molecular complexity index is 839. The zero-order valence-corrected chi connectivity index (χ0v) is 14.3. The summed E-state index contributed by atoms with van der Waals surface area (Å²) in [6.45, 7) is 0.397. The fourth-order valence-corrected chi connectivity index (χ4v) is 2.69. The quantitative estimate of drug-likeness (QED) is 0.651. The molecule has 7 nitrogen and oxygen atoms in total. The first-order valence-electron chi connectivity index (χ1n) is 7.51. The molecule has 0 aliphatic heterocycles. The summed E-state index contributed by atoms with van der Waals surface area (Å²) in [5.41, 5.74) is 1.66. The van der Waals surface area contributed by atoms with Crippen molar-refractivity contribution in [2.75, 3.05) is 12.9 Å². The molecule has 0 bridgehead atoms. The number of ether oxygens (including phenoxy) is 1. The van der Waals surface area contributed by atoms with Gasteiger partial charge in [-0.3, -0.25) is 9.78 Å². The minimum atomic E-state index is -0.128. The number of nitrogens with one attached hydrogen (secondary N) is 1. The normalized spacial score (nSPS) is 10.4. The zero-order chi connectivity index (χ0) is 17.5. The Labute approximate surface area is 148 Å². The molecule has 2 aromatic heterocycles. The van der Waals surface area contributed by atoms with Gasteiger partial charge in [0.25, 0.3) is 5.22 Å².